The Kier molecular flexibility index (Phi) is 5.18. The van der Waals surface area contributed by atoms with Gasteiger partial charge < -0.3 is 14.9 Å². The second kappa shape index (κ2) is 7.18. The van der Waals surface area contributed by atoms with Crippen molar-refractivity contribution >= 4 is 11.8 Å². The topological polar surface area (TPSA) is 83.8 Å². The van der Waals surface area contributed by atoms with E-state index in [0.717, 1.165) is 25.7 Å². The maximum absolute atomic E-state index is 13.5. The van der Waals surface area contributed by atoms with E-state index in [1.54, 1.807) is 0 Å². The molecule has 34 heavy (non-hydrogen) atoms. The van der Waals surface area contributed by atoms with E-state index in [0.29, 0.717) is 30.5 Å². The molecule has 1 spiro atoms. The van der Waals surface area contributed by atoms with Gasteiger partial charge in [-0.2, -0.15) is 0 Å². The smallest absolute Gasteiger partial charge is 0.315 e. The van der Waals surface area contributed by atoms with Gasteiger partial charge in [-0.15, -0.1) is 0 Å². The number of fused-ring (bicyclic) bond motifs is 2. The van der Waals surface area contributed by atoms with Crippen LogP contribution in [0.3, 0.4) is 0 Å². The molecule has 1 aliphatic heterocycles. The molecule has 0 radical (unpaired) electrons. The zero-order valence-electron chi connectivity index (χ0n) is 22.1. The summed E-state index contributed by atoms with van der Waals surface area (Å²) in [4.78, 5) is 26.6. The van der Waals surface area contributed by atoms with Crippen molar-refractivity contribution < 1.29 is 24.5 Å². The summed E-state index contributed by atoms with van der Waals surface area (Å²) in [5.74, 6) is 0.445. The molecule has 4 bridgehead atoms. The molecule has 0 aromatic carbocycles. The molecule has 3 saturated carbocycles. The van der Waals surface area contributed by atoms with Crippen LogP contribution >= 0.6 is 0 Å². The summed E-state index contributed by atoms with van der Waals surface area (Å²) in [6, 6.07) is 0. The van der Waals surface area contributed by atoms with Crippen molar-refractivity contribution in [1.82, 2.24) is 0 Å². The number of hydrogen-bond acceptors (Lipinski definition) is 5. The van der Waals surface area contributed by atoms with Gasteiger partial charge in [-0.25, -0.2) is 0 Å². The molecule has 5 nitrogen and oxygen atoms in total. The lowest BCUT2D eigenvalue weighted by molar-refractivity contribution is -0.243. The molecular formula is C29H44O5. The highest BCUT2D eigenvalue weighted by Crippen LogP contribution is 2.78. The number of hydrogen-bond donors (Lipinski definition) is 2. The molecule has 1 saturated heterocycles. The predicted molar refractivity (Wildman–Crippen MR) is 130 cm³/mol. The zero-order valence-corrected chi connectivity index (χ0v) is 22.1. The maximum Gasteiger partial charge on any atom is 0.315 e. The monoisotopic (exact) mass is 472 g/mol. The largest absolute Gasteiger partial charge is 0.453 e. The van der Waals surface area contributed by atoms with Gasteiger partial charge in [-0.3, -0.25) is 9.59 Å². The highest BCUT2D eigenvalue weighted by molar-refractivity contribution is 5.82. The van der Waals surface area contributed by atoms with Crippen LogP contribution < -0.4 is 0 Å². The minimum atomic E-state index is -0.998. The number of Topliss-reactive ketones (excluding diaryl/α,β-unsaturated/α-hetero) is 1. The first-order valence-electron chi connectivity index (χ1n) is 13.5. The second-order valence-electron chi connectivity index (χ2n) is 13.9. The average molecular weight is 473 g/mol. The molecule has 0 amide bonds. The fourth-order valence-corrected chi connectivity index (χ4v) is 9.98. The zero-order chi connectivity index (χ0) is 25.1. The Bertz CT molecular complexity index is 954. The fourth-order valence-electron chi connectivity index (χ4n) is 9.98. The van der Waals surface area contributed by atoms with Gasteiger partial charge in [-0.05, 0) is 73.2 Å². The predicted octanol–water partition coefficient (Wildman–Crippen LogP) is 4.69. The SMILES string of the molecule is CC(C)CC(=O)[C@H](C)C1CC[C@]2(C)C3=C[C@@H]4C(O)C[C@@]5(C)[C@@H]4C(C)(CO)C(=O)O[C@@]35CC[C@@]12C. The van der Waals surface area contributed by atoms with E-state index in [2.05, 4.69) is 47.6 Å². The fraction of sp³-hybridized carbons (Fsp3) is 0.862. The van der Waals surface area contributed by atoms with Crippen molar-refractivity contribution in [2.75, 3.05) is 6.61 Å². The van der Waals surface area contributed by atoms with Crippen molar-refractivity contribution in [1.29, 1.82) is 0 Å². The van der Waals surface area contributed by atoms with Gasteiger partial charge in [0.25, 0.3) is 0 Å². The Morgan fingerprint density at radius 1 is 1.12 bits per heavy atom. The molecule has 5 aliphatic rings. The maximum atomic E-state index is 13.5. The second-order valence-corrected chi connectivity index (χ2v) is 13.9. The number of carbonyl (C=O) groups excluding carboxylic acids is 2. The quantitative estimate of drug-likeness (QED) is 0.448. The summed E-state index contributed by atoms with van der Waals surface area (Å²) in [6.07, 6.45) is 6.55. The molecule has 190 valence electrons. The highest BCUT2D eigenvalue weighted by atomic mass is 16.6. The summed E-state index contributed by atoms with van der Waals surface area (Å²) in [5, 5.41) is 21.5. The minimum absolute atomic E-state index is 0.0182. The number of ketones is 1. The van der Waals surface area contributed by atoms with Crippen LogP contribution in [-0.2, 0) is 14.3 Å². The molecule has 4 aliphatic carbocycles. The van der Waals surface area contributed by atoms with Crippen LogP contribution in [0.1, 0.15) is 87.0 Å². The molecule has 2 N–H and O–H groups in total. The van der Waals surface area contributed by atoms with Crippen LogP contribution in [0, 0.1) is 51.2 Å². The van der Waals surface area contributed by atoms with Gasteiger partial charge in [0.1, 0.15) is 11.4 Å². The van der Waals surface area contributed by atoms with Crippen LogP contribution in [0.4, 0.5) is 0 Å². The van der Waals surface area contributed by atoms with Gasteiger partial charge in [0, 0.05) is 23.7 Å². The molecule has 0 aromatic rings. The normalized spacial score (nSPS) is 52.1. The molecule has 5 heteroatoms. The Labute approximate surface area is 204 Å². The molecule has 10 atom stereocenters. The third-order valence-electron chi connectivity index (χ3n) is 12.0. The first kappa shape index (κ1) is 24.5. The minimum Gasteiger partial charge on any atom is -0.453 e. The number of ether oxygens (including phenoxy) is 1. The summed E-state index contributed by atoms with van der Waals surface area (Å²) < 4.78 is 6.51. The Morgan fingerprint density at radius 3 is 2.41 bits per heavy atom. The summed E-state index contributed by atoms with van der Waals surface area (Å²) in [7, 11) is 0. The Balaban J connectivity index is 1.61. The number of aliphatic hydroxyl groups excluding tert-OH is 2. The number of aliphatic hydroxyl groups is 2. The van der Waals surface area contributed by atoms with Crippen molar-refractivity contribution in [3.63, 3.8) is 0 Å². The van der Waals surface area contributed by atoms with E-state index < -0.39 is 22.5 Å². The van der Waals surface area contributed by atoms with Gasteiger partial charge in [-0.1, -0.05) is 47.6 Å². The van der Waals surface area contributed by atoms with E-state index in [1.165, 1.54) is 5.57 Å². The van der Waals surface area contributed by atoms with Crippen LogP contribution in [-0.4, -0.2) is 40.3 Å². The van der Waals surface area contributed by atoms with Crippen LogP contribution in [0.25, 0.3) is 0 Å². The van der Waals surface area contributed by atoms with Crippen LogP contribution in [0.15, 0.2) is 11.6 Å². The lowest BCUT2D eigenvalue weighted by Gasteiger charge is -2.68. The number of esters is 1. The first-order valence-corrected chi connectivity index (χ1v) is 13.5. The molecule has 0 aromatic heterocycles. The van der Waals surface area contributed by atoms with E-state index in [1.807, 2.05) is 6.92 Å². The van der Waals surface area contributed by atoms with Gasteiger partial charge >= 0.3 is 5.97 Å². The van der Waals surface area contributed by atoms with E-state index in [4.69, 9.17) is 4.74 Å². The highest BCUT2D eigenvalue weighted by Gasteiger charge is 2.79. The molecular weight excluding hydrogens is 428 g/mol. The standard InChI is InChI=1S/C29H44O5/c1-16(2)12-20(31)17(3)19-8-9-27(6)22-13-18-21(32)14-28(7)23(18)25(4,15-30)24(33)34-29(22,28)11-10-26(19,27)5/h13,16-19,21,23,30,32H,8-12,14-15H2,1-7H3/t17-,18-,19?,21?,23+,25?,26+,27-,28+,29+/m1/s1. The summed E-state index contributed by atoms with van der Waals surface area (Å²) in [5.41, 5.74) is -1.19. The molecule has 1 heterocycles. The third kappa shape index (κ3) is 2.59. The van der Waals surface area contributed by atoms with Crippen molar-refractivity contribution in [3.05, 3.63) is 11.6 Å². The van der Waals surface area contributed by atoms with Crippen molar-refractivity contribution in [2.45, 2.75) is 98.7 Å². The number of carbonyl (C=O) groups is 2. The van der Waals surface area contributed by atoms with Crippen LogP contribution in [0.2, 0.25) is 0 Å². The number of rotatable bonds is 5. The third-order valence-corrected chi connectivity index (χ3v) is 12.0. The van der Waals surface area contributed by atoms with Gasteiger partial charge in [0.2, 0.25) is 0 Å². The Hall–Kier alpha value is -1.20. The average Bonchev–Trinajstić information content (AvgIpc) is 3.15. The van der Waals surface area contributed by atoms with Gasteiger partial charge in [0.05, 0.1) is 18.1 Å². The summed E-state index contributed by atoms with van der Waals surface area (Å²) >= 11 is 0. The Morgan fingerprint density at radius 2 is 1.79 bits per heavy atom. The van der Waals surface area contributed by atoms with Crippen LogP contribution in [0.5, 0.6) is 0 Å². The van der Waals surface area contributed by atoms with E-state index in [9.17, 15) is 19.8 Å². The van der Waals surface area contributed by atoms with E-state index >= 15 is 0 Å². The molecule has 4 fully saturated rings. The lowest BCUT2D eigenvalue weighted by Crippen LogP contribution is -2.70. The van der Waals surface area contributed by atoms with Crippen molar-refractivity contribution in [2.24, 2.45) is 51.2 Å². The molecule has 3 unspecified atom stereocenters. The van der Waals surface area contributed by atoms with Crippen molar-refractivity contribution in [3.8, 4) is 0 Å². The first-order chi connectivity index (χ1) is 15.7. The van der Waals surface area contributed by atoms with Gasteiger partial charge in [0.15, 0.2) is 0 Å². The molecule has 5 rings (SSSR count). The lowest BCUT2D eigenvalue weighted by atomic mass is 9.40. The summed E-state index contributed by atoms with van der Waals surface area (Å²) in [6.45, 7) is 14.8. The van der Waals surface area contributed by atoms with E-state index in [-0.39, 0.29) is 41.2 Å².